The Labute approximate surface area is 116 Å². The van der Waals surface area contributed by atoms with Crippen LogP contribution < -0.4 is 0 Å². The Morgan fingerprint density at radius 3 is 2.21 bits per heavy atom. The van der Waals surface area contributed by atoms with Crippen molar-refractivity contribution in [3.63, 3.8) is 0 Å². The van der Waals surface area contributed by atoms with Gasteiger partial charge in [0.15, 0.2) is 5.71 Å². The van der Waals surface area contributed by atoms with Gasteiger partial charge in [0.1, 0.15) is 5.71 Å². The summed E-state index contributed by atoms with van der Waals surface area (Å²) in [6.45, 7) is 3.50. The lowest BCUT2D eigenvalue weighted by Crippen LogP contribution is -2.38. The third kappa shape index (κ3) is 3.47. The summed E-state index contributed by atoms with van der Waals surface area (Å²) >= 11 is 4.01. The molecule has 7 heteroatoms. The lowest BCUT2D eigenvalue weighted by Gasteiger charge is -2.20. The summed E-state index contributed by atoms with van der Waals surface area (Å²) in [7, 11) is 0. The summed E-state index contributed by atoms with van der Waals surface area (Å²) in [5.74, 6) is -0.655. The van der Waals surface area contributed by atoms with Crippen LogP contribution in [0, 0.1) is 0 Å². The Morgan fingerprint density at radius 1 is 1.21 bits per heavy atom. The number of nitrogens with zero attached hydrogens (tertiary/aromatic N) is 3. The van der Waals surface area contributed by atoms with Crippen LogP contribution in [0.2, 0.25) is 0 Å². The summed E-state index contributed by atoms with van der Waals surface area (Å²) in [4.78, 5) is 12.1. The maximum Gasteiger partial charge on any atom is 0.288 e. The van der Waals surface area contributed by atoms with Gasteiger partial charge in [0, 0.05) is 11.6 Å². The molecule has 0 aliphatic rings. The van der Waals surface area contributed by atoms with Crippen molar-refractivity contribution >= 4 is 30.1 Å². The number of oxime groups is 2. The minimum Gasteiger partial charge on any atom is -0.410 e. The first-order valence-corrected chi connectivity index (χ1v) is 5.95. The van der Waals surface area contributed by atoms with E-state index in [0.29, 0.717) is 5.56 Å². The van der Waals surface area contributed by atoms with Gasteiger partial charge >= 0.3 is 0 Å². The molecule has 0 saturated carbocycles. The summed E-state index contributed by atoms with van der Waals surface area (Å²) in [6, 6.07) is 8.25. The lowest BCUT2D eigenvalue weighted by atomic mass is 10.1. The molecule has 2 N–H and O–H groups in total. The third-order valence-corrected chi connectivity index (χ3v) is 3.01. The SMILES string of the molecule is CC(C)N(S)C(=O)C(=N\O)/C(=N/O)c1ccccc1. The molecule has 1 amide bonds. The van der Waals surface area contributed by atoms with Crippen molar-refractivity contribution in [3.8, 4) is 0 Å². The quantitative estimate of drug-likeness (QED) is 0.340. The predicted molar refractivity (Wildman–Crippen MR) is 75.0 cm³/mol. The molecule has 1 aromatic carbocycles. The minimum atomic E-state index is -0.655. The molecule has 0 atom stereocenters. The average Bonchev–Trinajstić information content (AvgIpc) is 2.43. The van der Waals surface area contributed by atoms with E-state index in [-0.39, 0.29) is 17.5 Å². The van der Waals surface area contributed by atoms with Crippen molar-refractivity contribution in [3.05, 3.63) is 35.9 Å². The standard InChI is InChI=1S/C12H15N3O3S/c1-8(2)15(19)12(16)11(14-18)10(13-17)9-6-4-3-5-7-9/h3-8,17-19H,1-2H3/b13-10+,14-11-. The van der Waals surface area contributed by atoms with Crippen molar-refractivity contribution in [2.24, 2.45) is 10.3 Å². The highest BCUT2D eigenvalue weighted by atomic mass is 32.1. The zero-order valence-corrected chi connectivity index (χ0v) is 11.5. The van der Waals surface area contributed by atoms with Crippen LogP contribution >= 0.6 is 12.8 Å². The third-order valence-electron chi connectivity index (χ3n) is 2.37. The van der Waals surface area contributed by atoms with E-state index in [1.54, 1.807) is 44.2 Å². The summed E-state index contributed by atoms with van der Waals surface area (Å²) in [5.41, 5.74) is -0.0400. The smallest absolute Gasteiger partial charge is 0.288 e. The second-order valence-electron chi connectivity index (χ2n) is 4.01. The van der Waals surface area contributed by atoms with Crippen LogP contribution in [0.5, 0.6) is 0 Å². The highest BCUT2D eigenvalue weighted by Gasteiger charge is 2.26. The van der Waals surface area contributed by atoms with Crippen molar-refractivity contribution in [2.45, 2.75) is 19.9 Å². The van der Waals surface area contributed by atoms with Gasteiger partial charge in [-0.25, -0.2) is 0 Å². The molecule has 0 aromatic heterocycles. The first kappa shape index (κ1) is 15.0. The zero-order chi connectivity index (χ0) is 14.4. The van der Waals surface area contributed by atoms with Gasteiger partial charge in [-0.15, -0.1) is 0 Å². The first-order valence-electron chi connectivity index (χ1n) is 5.55. The minimum absolute atomic E-state index is 0.118. The Bertz CT molecular complexity index is 500. The van der Waals surface area contributed by atoms with Crippen LogP contribution in [-0.4, -0.2) is 38.1 Å². The van der Waals surface area contributed by atoms with E-state index in [4.69, 9.17) is 10.4 Å². The molecule has 6 nitrogen and oxygen atoms in total. The van der Waals surface area contributed by atoms with Gasteiger partial charge in [-0.05, 0) is 13.8 Å². The predicted octanol–water partition coefficient (Wildman–Crippen LogP) is 1.78. The maximum atomic E-state index is 12.1. The molecule has 0 aliphatic heterocycles. The van der Waals surface area contributed by atoms with E-state index in [2.05, 4.69) is 23.1 Å². The Balaban J connectivity index is 3.13. The van der Waals surface area contributed by atoms with Crippen LogP contribution in [0.15, 0.2) is 40.6 Å². The van der Waals surface area contributed by atoms with Gasteiger partial charge in [0.2, 0.25) is 0 Å². The van der Waals surface area contributed by atoms with E-state index < -0.39 is 5.91 Å². The van der Waals surface area contributed by atoms with Crippen molar-refractivity contribution in [1.29, 1.82) is 0 Å². The number of carbonyl (C=O) groups excluding carboxylic acids is 1. The molecule has 0 aliphatic carbocycles. The monoisotopic (exact) mass is 281 g/mol. The number of benzene rings is 1. The Hall–Kier alpha value is -2.02. The lowest BCUT2D eigenvalue weighted by molar-refractivity contribution is -0.120. The summed E-state index contributed by atoms with van der Waals surface area (Å²) in [6.07, 6.45) is 0. The van der Waals surface area contributed by atoms with Crippen LogP contribution in [0.1, 0.15) is 19.4 Å². The van der Waals surface area contributed by atoms with Gasteiger partial charge in [0.25, 0.3) is 5.91 Å². The molecular formula is C12H15N3O3S. The normalized spacial score (nSPS) is 12.6. The highest BCUT2D eigenvalue weighted by molar-refractivity contribution is 7.78. The Morgan fingerprint density at radius 2 is 1.79 bits per heavy atom. The number of rotatable bonds is 4. The van der Waals surface area contributed by atoms with Gasteiger partial charge in [-0.2, -0.15) is 0 Å². The second-order valence-corrected chi connectivity index (χ2v) is 4.44. The van der Waals surface area contributed by atoms with E-state index >= 15 is 0 Å². The molecule has 0 bridgehead atoms. The van der Waals surface area contributed by atoms with E-state index in [1.165, 1.54) is 0 Å². The number of carbonyl (C=O) groups is 1. The topological polar surface area (TPSA) is 85.5 Å². The first-order chi connectivity index (χ1) is 9.02. The highest BCUT2D eigenvalue weighted by Crippen LogP contribution is 2.09. The molecule has 102 valence electrons. The van der Waals surface area contributed by atoms with Crippen LogP contribution in [0.25, 0.3) is 0 Å². The van der Waals surface area contributed by atoms with Gasteiger partial charge in [-0.3, -0.25) is 9.10 Å². The Kier molecular flexibility index (Phi) is 5.37. The van der Waals surface area contributed by atoms with E-state index in [9.17, 15) is 4.79 Å². The number of amides is 1. The molecular weight excluding hydrogens is 266 g/mol. The fraction of sp³-hybridized carbons (Fsp3) is 0.250. The van der Waals surface area contributed by atoms with Crippen molar-refractivity contribution in [1.82, 2.24) is 4.31 Å². The van der Waals surface area contributed by atoms with Gasteiger partial charge in [0.05, 0.1) is 0 Å². The largest absolute Gasteiger partial charge is 0.410 e. The average molecular weight is 281 g/mol. The molecule has 0 heterocycles. The molecule has 19 heavy (non-hydrogen) atoms. The fourth-order valence-electron chi connectivity index (χ4n) is 1.37. The molecule has 0 unspecified atom stereocenters. The molecule has 0 radical (unpaired) electrons. The van der Waals surface area contributed by atoms with Crippen LogP contribution in [0.4, 0.5) is 0 Å². The molecule has 0 spiro atoms. The number of hydrogen-bond acceptors (Lipinski definition) is 6. The molecule has 0 saturated heterocycles. The fourth-order valence-corrected chi connectivity index (χ4v) is 1.47. The van der Waals surface area contributed by atoms with Crippen LogP contribution in [-0.2, 0) is 4.79 Å². The zero-order valence-electron chi connectivity index (χ0n) is 10.6. The molecule has 0 fully saturated rings. The summed E-state index contributed by atoms with van der Waals surface area (Å²) in [5, 5.41) is 24.0. The van der Waals surface area contributed by atoms with Crippen molar-refractivity contribution in [2.75, 3.05) is 0 Å². The van der Waals surface area contributed by atoms with Crippen LogP contribution in [0.3, 0.4) is 0 Å². The number of thiol groups is 1. The second kappa shape index (κ2) is 6.79. The molecule has 1 aromatic rings. The number of hydrogen-bond donors (Lipinski definition) is 3. The summed E-state index contributed by atoms with van der Waals surface area (Å²) < 4.78 is 1.09. The van der Waals surface area contributed by atoms with E-state index in [0.717, 1.165) is 4.31 Å². The van der Waals surface area contributed by atoms with Gasteiger partial charge < -0.3 is 10.4 Å². The maximum absolute atomic E-state index is 12.1. The van der Waals surface area contributed by atoms with E-state index in [1.807, 2.05) is 0 Å². The van der Waals surface area contributed by atoms with Gasteiger partial charge in [-0.1, -0.05) is 53.5 Å². The molecule has 1 rings (SSSR count). The van der Waals surface area contributed by atoms with Crippen molar-refractivity contribution < 1.29 is 15.2 Å².